The van der Waals surface area contributed by atoms with Crippen LogP contribution in [-0.4, -0.2) is 45.2 Å². The van der Waals surface area contributed by atoms with Crippen molar-refractivity contribution in [2.75, 3.05) is 18.8 Å². The van der Waals surface area contributed by atoms with Gasteiger partial charge in [0.05, 0.1) is 12.2 Å². The fourth-order valence-electron chi connectivity index (χ4n) is 3.70. The van der Waals surface area contributed by atoms with Gasteiger partial charge in [0.25, 0.3) is 0 Å². The first-order valence-corrected chi connectivity index (χ1v) is 12.8. The van der Waals surface area contributed by atoms with Crippen LogP contribution in [0.4, 0.5) is 13.2 Å². The second kappa shape index (κ2) is 9.27. The molecule has 1 aliphatic rings. The van der Waals surface area contributed by atoms with Crippen molar-refractivity contribution in [3.05, 3.63) is 41.3 Å². The quantitative estimate of drug-likeness (QED) is 0.596. The molecule has 1 fully saturated rings. The molecule has 0 amide bonds. The Morgan fingerprint density at radius 1 is 1.09 bits per heavy atom. The van der Waals surface area contributed by atoms with Gasteiger partial charge < -0.3 is 14.8 Å². The lowest BCUT2D eigenvalue weighted by molar-refractivity contribution is -0.274. The molecule has 1 aromatic carbocycles. The predicted molar refractivity (Wildman–Crippen MR) is 120 cm³/mol. The molecule has 6 nitrogen and oxygen atoms in total. The molecule has 11 heteroatoms. The van der Waals surface area contributed by atoms with Crippen molar-refractivity contribution in [2.24, 2.45) is 0 Å². The minimum atomic E-state index is -4.78. The Hall–Kier alpha value is -2.11. The van der Waals surface area contributed by atoms with Gasteiger partial charge in [-0.25, -0.2) is 8.42 Å². The molecule has 0 saturated carbocycles. The zero-order chi connectivity index (χ0) is 24.5. The van der Waals surface area contributed by atoms with Gasteiger partial charge in [0.2, 0.25) is 0 Å². The molecule has 1 aromatic heterocycles. The summed E-state index contributed by atoms with van der Waals surface area (Å²) in [6, 6.07) is 8.73. The van der Waals surface area contributed by atoms with Crippen LogP contribution in [0, 0.1) is 0 Å². The van der Waals surface area contributed by atoms with E-state index in [-0.39, 0.29) is 30.9 Å². The van der Waals surface area contributed by atoms with Gasteiger partial charge in [-0.2, -0.15) is 0 Å². The lowest BCUT2D eigenvalue weighted by Crippen LogP contribution is -2.40. The predicted octanol–water partition coefficient (Wildman–Crippen LogP) is 4.65. The zero-order valence-corrected chi connectivity index (χ0v) is 20.1. The Balaban J connectivity index is 1.97. The first-order valence-electron chi connectivity index (χ1n) is 10.3. The monoisotopic (exact) mass is 505 g/mol. The number of nitrogens with one attached hydrogen (secondary N) is 1. The van der Waals surface area contributed by atoms with E-state index in [0.29, 0.717) is 21.9 Å². The van der Waals surface area contributed by atoms with Gasteiger partial charge in [-0.3, -0.25) is 4.79 Å². The molecule has 0 bridgehead atoms. The number of carbonyl (C=O) groups excluding carboxylic acids is 1. The van der Waals surface area contributed by atoms with Gasteiger partial charge in [0, 0.05) is 16.3 Å². The third kappa shape index (κ3) is 6.27. The lowest BCUT2D eigenvalue weighted by atomic mass is 9.97. The smallest absolute Gasteiger partial charge is 0.460 e. The van der Waals surface area contributed by atoms with Crippen LogP contribution in [0.1, 0.15) is 38.5 Å². The number of ether oxygens (including phenoxy) is 2. The molecule has 1 N–H and O–H groups in total. The fourth-order valence-corrected chi connectivity index (χ4v) is 7.26. The molecule has 2 heterocycles. The number of thiophene rings is 1. The number of hydrogen-bond donors (Lipinski definition) is 1. The van der Waals surface area contributed by atoms with Gasteiger partial charge in [0.15, 0.2) is 9.84 Å². The maximum Gasteiger partial charge on any atom is 0.573 e. The van der Waals surface area contributed by atoms with E-state index in [1.165, 1.54) is 35.6 Å². The number of rotatable bonds is 5. The standard InChI is InChI=1S/C22H26F3NO5S2/c1-20(2,3)31-19(27)14-21(10-11-26-12-13-33(21,28)29)18-9-8-17(32-18)15-4-6-16(7-5-15)30-22(23,24)25/h4-9,26H,10-14H2,1-3H3/t21-/m0/s1. The summed E-state index contributed by atoms with van der Waals surface area (Å²) in [5, 5.41) is 3.08. The van der Waals surface area contributed by atoms with E-state index in [1.807, 2.05) is 0 Å². The summed E-state index contributed by atoms with van der Waals surface area (Å²) in [6.45, 7) is 5.86. The number of halogens is 3. The molecular weight excluding hydrogens is 479 g/mol. The van der Waals surface area contributed by atoms with Crippen LogP contribution in [0.25, 0.3) is 10.4 Å². The molecule has 0 aliphatic carbocycles. The number of hydrogen-bond acceptors (Lipinski definition) is 7. The molecule has 182 valence electrons. The molecule has 0 radical (unpaired) electrons. The molecule has 3 rings (SSSR count). The van der Waals surface area contributed by atoms with Crippen LogP contribution < -0.4 is 10.1 Å². The summed E-state index contributed by atoms with van der Waals surface area (Å²) >= 11 is 1.20. The highest BCUT2D eigenvalue weighted by Gasteiger charge is 2.49. The second-order valence-corrected chi connectivity index (χ2v) is 12.3. The minimum absolute atomic E-state index is 0.119. The summed E-state index contributed by atoms with van der Waals surface area (Å²) in [7, 11) is -3.72. The highest BCUT2D eigenvalue weighted by atomic mass is 32.2. The van der Waals surface area contributed by atoms with Crippen molar-refractivity contribution >= 4 is 27.1 Å². The molecule has 0 spiro atoms. The lowest BCUT2D eigenvalue weighted by Gasteiger charge is -2.31. The van der Waals surface area contributed by atoms with E-state index in [1.54, 1.807) is 32.9 Å². The van der Waals surface area contributed by atoms with Crippen molar-refractivity contribution in [2.45, 2.75) is 50.3 Å². The average Bonchev–Trinajstić information content (AvgIpc) is 3.09. The summed E-state index contributed by atoms with van der Waals surface area (Å²) in [6.07, 6.45) is -4.90. The molecule has 1 saturated heterocycles. The van der Waals surface area contributed by atoms with Crippen molar-refractivity contribution in [3.63, 3.8) is 0 Å². The Bertz CT molecular complexity index is 1090. The van der Waals surface area contributed by atoms with Crippen LogP contribution in [0.15, 0.2) is 36.4 Å². The first kappa shape index (κ1) is 25.5. The van der Waals surface area contributed by atoms with E-state index in [4.69, 9.17) is 4.74 Å². The van der Waals surface area contributed by atoms with Crippen LogP contribution in [0.3, 0.4) is 0 Å². The van der Waals surface area contributed by atoms with Gasteiger partial charge in [-0.05, 0) is 75.7 Å². The van der Waals surface area contributed by atoms with Crippen molar-refractivity contribution in [1.82, 2.24) is 5.32 Å². The SMILES string of the molecule is CC(C)(C)OC(=O)C[C@]1(c2ccc(-c3ccc(OC(F)(F)F)cc3)s2)CCNCCS1(=O)=O. The molecule has 1 atom stereocenters. The van der Waals surface area contributed by atoms with Gasteiger partial charge >= 0.3 is 12.3 Å². The second-order valence-electron chi connectivity index (χ2n) is 8.81. The highest BCUT2D eigenvalue weighted by molar-refractivity contribution is 7.92. The van der Waals surface area contributed by atoms with Crippen LogP contribution in [-0.2, 0) is 24.1 Å². The van der Waals surface area contributed by atoms with Crippen molar-refractivity contribution < 1.29 is 35.9 Å². The number of alkyl halides is 3. The van der Waals surface area contributed by atoms with Crippen molar-refractivity contribution in [3.8, 4) is 16.2 Å². The largest absolute Gasteiger partial charge is 0.573 e. The number of esters is 1. The van der Waals surface area contributed by atoms with E-state index in [2.05, 4.69) is 10.1 Å². The normalized spacial score (nSPS) is 21.3. The number of carbonyl (C=O) groups is 1. The van der Waals surface area contributed by atoms with E-state index in [9.17, 15) is 26.4 Å². The van der Waals surface area contributed by atoms with Gasteiger partial charge in [-0.1, -0.05) is 0 Å². The summed E-state index contributed by atoms with van der Waals surface area (Å²) in [4.78, 5) is 13.9. The van der Waals surface area contributed by atoms with Crippen LogP contribution in [0.2, 0.25) is 0 Å². The Labute approximate surface area is 195 Å². The topological polar surface area (TPSA) is 81.7 Å². The highest BCUT2D eigenvalue weighted by Crippen LogP contribution is 2.45. The summed E-state index contributed by atoms with van der Waals surface area (Å²) in [5.74, 6) is -1.06. The fraction of sp³-hybridized carbons (Fsp3) is 0.500. The summed E-state index contributed by atoms with van der Waals surface area (Å²) < 4.78 is 71.9. The van der Waals surface area contributed by atoms with Crippen LogP contribution >= 0.6 is 11.3 Å². The third-order valence-corrected chi connectivity index (χ3v) is 9.09. The molecule has 0 unspecified atom stereocenters. The van der Waals surface area contributed by atoms with Crippen molar-refractivity contribution in [1.29, 1.82) is 0 Å². The van der Waals surface area contributed by atoms with E-state index < -0.39 is 32.5 Å². The third-order valence-electron chi connectivity index (χ3n) is 5.13. The van der Waals surface area contributed by atoms with E-state index >= 15 is 0 Å². The zero-order valence-electron chi connectivity index (χ0n) is 18.5. The Kier molecular flexibility index (Phi) is 7.16. The molecular formula is C22H26F3NO5S2. The van der Waals surface area contributed by atoms with Gasteiger partial charge in [0.1, 0.15) is 16.1 Å². The minimum Gasteiger partial charge on any atom is -0.460 e. The first-order chi connectivity index (χ1) is 15.2. The molecule has 2 aromatic rings. The number of benzene rings is 1. The Morgan fingerprint density at radius 2 is 1.76 bits per heavy atom. The Morgan fingerprint density at radius 3 is 2.36 bits per heavy atom. The van der Waals surface area contributed by atoms with Gasteiger partial charge in [-0.15, -0.1) is 24.5 Å². The molecule has 1 aliphatic heterocycles. The summed E-state index contributed by atoms with van der Waals surface area (Å²) in [5.41, 5.74) is -0.149. The maximum absolute atomic E-state index is 13.4. The molecule has 33 heavy (non-hydrogen) atoms. The average molecular weight is 506 g/mol. The number of sulfone groups is 1. The van der Waals surface area contributed by atoms with Crippen LogP contribution in [0.5, 0.6) is 5.75 Å². The van der Waals surface area contributed by atoms with E-state index in [0.717, 1.165) is 0 Å². The maximum atomic E-state index is 13.4.